The molecule has 0 bridgehead atoms. The molecule has 0 radical (unpaired) electrons. The zero-order valence-electron chi connectivity index (χ0n) is 21.4. The van der Waals surface area contributed by atoms with Crippen molar-refractivity contribution in [2.75, 3.05) is 0 Å². The molecule has 2 atom stereocenters. The summed E-state index contributed by atoms with van der Waals surface area (Å²) in [5.41, 5.74) is -1.09. The third-order valence-corrected chi connectivity index (χ3v) is 6.59. The smallest absolute Gasteiger partial charge is 0.338 e. The van der Waals surface area contributed by atoms with E-state index < -0.39 is 35.6 Å². The lowest BCUT2D eigenvalue weighted by molar-refractivity contribution is -0.131. The van der Waals surface area contributed by atoms with Crippen molar-refractivity contribution in [1.29, 1.82) is 0 Å². The van der Waals surface area contributed by atoms with Crippen LogP contribution in [0, 0.1) is 0 Å². The Bertz CT molecular complexity index is 1550. The van der Waals surface area contributed by atoms with Crippen LogP contribution in [0.2, 0.25) is 5.02 Å². The van der Waals surface area contributed by atoms with Gasteiger partial charge >= 0.3 is 5.97 Å². The van der Waals surface area contributed by atoms with Crippen molar-refractivity contribution in [2.45, 2.75) is 51.1 Å². The minimum absolute atomic E-state index is 0.00580. The van der Waals surface area contributed by atoms with Gasteiger partial charge in [0, 0.05) is 40.8 Å². The van der Waals surface area contributed by atoms with Gasteiger partial charge in [-0.05, 0) is 73.2 Å². The number of hydrogen-bond acceptors (Lipinski definition) is 7. The van der Waals surface area contributed by atoms with Gasteiger partial charge in [-0.25, -0.2) is 13.6 Å². The van der Waals surface area contributed by atoms with Crippen LogP contribution in [0.4, 0.5) is 8.78 Å². The summed E-state index contributed by atoms with van der Waals surface area (Å²) in [6.45, 7) is 5.28. The Morgan fingerprint density at radius 1 is 1.15 bits per heavy atom. The number of pyridine rings is 1. The highest BCUT2D eigenvalue weighted by Crippen LogP contribution is 2.49. The topological polar surface area (TPSA) is 99.9 Å². The lowest BCUT2D eigenvalue weighted by Gasteiger charge is -2.20. The molecule has 0 spiro atoms. The number of benzene rings is 2. The molecule has 1 aliphatic rings. The van der Waals surface area contributed by atoms with Gasteiger partial charge < -0.3 is 4.74 Å². The molecule has 0 saturated carbocycles. The third kappa shape index (κ3) is 5.29. The van der Waals surface area contributed by atoms with Gasteiger partial charge in [-0.3, -0.25) is 9.78 Å². The number of carbonyl (C=O) groups is 2. The van der Waals surface area contributed by atoms with Crippen molar-refractivity contribution in [3.63, 3.8) is 0 Å². The van der Waals surface area contributed by atoms with Crippen molar-refractivity contribution in [1.82, 2.24) is 25.2 Å². The van der Waals surface area contributed by atoms with E-state index in [1.54, 1.807) is 51.1 Å². The van der Waals surface area contributed by atoms with E-state index in [9.17, 15) is 9.59 Å². The average Bonchev–Trinajstić information content (AvgIpc) is 3.50. The van der Waals surface area contributed by atoms with Crippen molar-refractivity contribution in [3.8, 4) is 16.8 Å². The predicted molar refractivity (Wildman–Crippen MR) is 139 cm³/mol. The Labute approximate surface area is 228 Å². The molecule has 0 aliphatic heterocycles. The van der Waals surface area contributed by atoms with Crippen LogP contribution >= 0.6 is 11.6 Å². The molecule has 8 nitrogen and oxygen atoms in total. The second-order valence-corrected chi connectivity index (χ2v) is 10.8. The van der Waals surface area contributed by atoms with Gasteiger partial charge in [-0.1, -0.05) is 23.7 Å². The largest absolute Gasteiger partial charge is 0.456 e. The van der Waals surface area contributed by atoms with Crippen LogP contribution in [0.1, 0.15) is 60.5 Å². The van der Waals surface area contributed by atoms with E-state index in [4.69, 9.17) is 16.3 Å². The number of nitrogens with zero attached hydrogens (tertiary/aromatic N) is 5. The lowest BCUT2D eigenvalue weighted by atomic mass is 9.92. The van der Waals surface area contributed by atoms with Gasteiger partial charge in [0.2, 0.25) is 5.67 Å². The molecule has 2 unspecified atom stereocenters. The lowest BCUT2D eigenvalue weighted by Crippen LogP contribution is -2.31. The van der Waals surface area contributed by atoms with Crippen LogP contribution < -0.4 is 0 Å². The fraction of sp³-hybridized carbons (Fsp3) is 0.286. The van der Waals surface area contributed by atoms with Crippen LogP contribution in [0.25, 0.3) is 16.8 Å². The Hall–Kier alpha value is -4.05. The Balaban J connectivity index is 1.40. The number of ketones is 1. The number of alkyl halides is 2. The number of tetrazole rings is 1. The van der Waals surface area contributed by atoms with Crippen LogP contribution in [0.15, 0.2) is 61.1 Å². The van der Waals surface area contributed by atoms with Gasteiger partial charge in [0.25, 0.3) is 0 Å². The second-order valence-electron chi connectivity index (χ2n) is 10.3. The minimum Gasteiger partial charge on any atom is -0.456 e. The number of aromatic nitrogens is 5. The molecular formula is C28H24ClF2N5O3. The van der Waals surface area contributed by atoms with Gasteiger partial charge in [0.1, 0.15) is 18.1 Å². The van der Waals surface area contributed by atoms with Crippen molar-refractivity contribution < 1.29 is 23.1 Å². The SMILES string of the molecule is CC(C)(C)OC(=O)c1ccc(CC(=O)C2(F)CC(F)c3cc(-c4cc(Cl)ccc4-n4cnnn4)cnc32)cc1. The molecule has 11 heteroatoms. The molecule has 5 rings (SSSR count). The zero-order valence-corrected chi connectivity index (χ0v) is 22.1. The highest BCUT2D eigenvalue weighted by Gasteiger charge is 2.51. The Kier molecular flexibility index (Phi) is 6.76. The maximum Gasteiger partial charge on any atom is 0.338 e. The zero-order chi connectivity index (χ0) is 27.9. The number of rotatable bonds is 6. The minimum atomic E-state index is -2.59. The fourth-order valence-corrected chi connectivity index (χ4v) is 4.70. The fourth-order valence-electron chi connectivity index (χ4n) is 4.53. The number of fused-ring (bicyclic) bond motifs is 1. The molecule has 4 aromatic rings. The molecule has 0 fully saturated rings. The molecule has 0 N–H and O–H groups in total. The maximum absolute atomic E-state index is 16.2. The number of esters is 1. The first-order chi connectivity index (χ1) is 18.4. The summed E-state index contributed by atoms with van der Waals surface area (Å²) >= 11 is 6.21. The van der Waals surface area contributed by atoms with Crippen molar-refractivity contribution >= 4 is 23.4 Å². The van der Waals surface area contributed by atoms with E-state index >= 15 is 8.78 Å². The van der Waals surface area contributed by atoms with Crippen LogP contribution in [0.3, 0.4) is 0 Å². The molecule has 2 aromatic heterocycles. The van der Waals surface area contributed by atoms with E-state index in [-0.39, 0.29) is 17.7 Å². The average molecular weight is 552 g/mol. The van der Waals surface area contributed by atoms with Gasteiger partial charge in [0.15, 0.2) is 5.78 Å². The number of hydrogen-bond donors (Lipinski definition) is 0. The highest BCUT2D eigenvalue weighted by molar-refractivity contribution is 6.31. The summed E-state index contributed by atoms with van der Waals surface area (Å²) in [4.78, 5) is 29.6. The van der Waals surface area contributed by atoms with E-state index in [0.717, 1.165) is 0 Å². The Morgan fingerprint density at radius 3 is 2.56 bits per heavy atom. The van der Waals surface area contributed by atoms with E-state index in [1.165, 1.54) is 35.4 Å². The number of halogens is 3. The van der Waals surface area contributed by atoms with Crippen molar-refractivity contribution in [3.05, 3.63) is 88.5 Å². The van der Waals surface area contributed by atoms with Crippen LogP contribution in [-0.4, -0.2) is 42.5 Å². The molecular weight excluding hydrogens is 528 g/mol. The predicted octanol–water partition coefficient (Wildman–Crippen LogP) is 5.72. The third-order valence-electron chi connectivity index (χ3n) is 6.35. The number of Topliss-reactive ketones (excluding diaryl/α,β-unsaturated/α-hetero) is 1. The summed E-state index contributed by atoms with van der Waals surface area (Å²) in [7, 11) is 0. The summed E-state index contributed by atoms with van der Waals surface area (Å²) in [5.74, 6) is -1.32. The first-order valence-electron chi connectivity index (χ1n) is 12.2. The van der Waals surface area contributed by atoms with E-state index in [0.29, 0.717) is 33.0 Å². The van der Waals surface area contributed by atoms with Gasteiger partial charge in [0.05, 0.1) is 16.9 Å². The quantitative estimate of drug-likeness (QED) is 0.282. The Morgan fingerprint density at radius 2 is 1.90 bits per heavy atom. The first-order valence-corrected chi connectivity index (χ1v) is 12.5. The standard InChI is InChI=1S/C28H24ClF2N5O3/c1-27(2,3)39-26(38)17-6-4-16(5-7-17)10-24(37)28(31)13-22(30)21-11-18(14-32-25(21)28)20-12-19(29)8-9-23(20)36-15-33-34-35-36/h4-9,11-12,14-15,22H,10,13H2,1-3H3. The molecule has 1 aliphatic carbocycles. The molecule has 200 valence electrons. The summed E-state index contributed by atoms with van der Waals surface area (Å²) in [5, 5.41) is 11.6. The van der Waals surface area contributed by atoms with E-state index in [2.05, 4.69) is 20.5 Å². The molecule has 39 heavy (non-hydrogen) atoms. The highest BCUT2D eigenvalue weighted by atomic mass is 35.5. The number of ether oxygens (including phenoxy) is 1. The van der Waals surface area contributed by atoms with Crippen LogP contribution in [-0.2, 0) is 21.6 Å². The maximum atomic E-state index is 16.2. The van der Waals surface area contributed by atoms with Gasteiger partial charge in [-0.2, -0.15) is 4.68 Å². The monoisotopic (exact) mass is 551 g/mol. The second kappa shape index (κ2) is 9.92. The first kappa shape index (κ1) is 26.6. The van der Waals surface area contributed by atoms with E-state index in [1.807, 2.05) is 0 Å². The molecule has 0 saturated heterocycles. The van der Waals surface area contributed by atoms with Gasteiger partial charge in [-0.15, -0.1) is 5.10 Å². The van der Waals surface area contributed by atoms with Crippen LogP contribution in [0.5, 0.6) is 0 Å². The summed E-state index contributed by atoms with van der Waals surface area (Å²) in [6.07, 6.45) is 0.0953. The summed E-state index contributed by atoms with van der Waals surface area (Å²) in [6, 6.07) is 12.6. The van der Waals surface area contributed by atoms with Crippen molar-refractivity contribution in [2.24, 2.45) is 0 Å². The summed E-state index contributed by atoms with van der Waals surface area (Å²) < 4.78 is 38.1. The normalized spacial score (nSPS) is 18.6. The molecule has 2 heterocycles. The number of carbonyl (C=O) groups excluding carboxylic acids is 2. The molecule has 2 aromatic carbocycles. The molecule has 0 amide bonds.